The molecular formula is C30H23N. The van der Waals surface area contributed by atoms with E-state index in [4.69, 9.17) is 0 Å². The van der Waals surface area contributed by atoms with E-state index in [9.17, 15) is 0 Å². The molecule has 1 heteroatoms. The molecular weight excluding hydrogens is 374 g/mol. The molecule has 1 N–H and O–H groups in total. The van der Waals surface area contributed by atoms with Gasteiger partial charge in [0, 0.05) is 11.4 Å². The van der Waals surface area contributed by atoms with Gasteiger partial charge in [-0.1, -0.05) is 110 Å². The van der Waals surface area contributed by atoms with Crippen LogP contribution in [0.2, 0.25) is 0 Å². The Labute approximate surface area is 183 Å². The van der Waals surface area contributed by atoms with Crippen LogP contribution >= 0.6 is 0 Å². The SMILES string of the molecule is C=Cc1ccccc1Nc1ccc(-c2ccc(-c3ccccc3)c3ccccc23)cc1. The molecule has 0 bridgehead atoms. The molecule has 0 atom stereocenters. The minimum Gasteiger partial charge on any atom is -0.355 e. The third-order valence-electron chi connectivity index (χ3n) is 5.66. The second-order valence-corrected chi connectivity index (χ2v) is 7.57. The van der Waals surface area contributed by atoms with Gasteiger partial charge in [-0.25, -0.2) is 0 Å². The number of nitrogens with one attached hydrogen (secondary N) is 1. The Morgan fingerprint density at radius 1 is 0.516 bits per heavy atom. The van der Waals surface area contributed by atoms with E-state index in [0.29, 0.717) is 0 Å². The summed E-state index contributed by atoms with van der Waals surface area (Å²) < 4.78 is 0. The van der Waals surface area contributed by atoms with Gasteiger partial charge in [0.1, 0.15) is 0 Å². The maximum absolute atomic E-state index is 3.90. The van der Waals surface area contributed by atoms with Gasteiger partial charge in [-0.3, -0.25) is 0 Å². The van der Waals surface area contributed by atoms with Gasteiger partial charge >= 0.3 is 0 Å². The molecule has 0 saturated heterocycles. The van der Waals surface area contributed by atoms with Crippen molar-refractivity contribution in [3.05, 3.63) is 127 Å². The van der Waals surface area contributed by atoms with Gasteiger partial charge in [-0.15, -0.1) is 0 Å². The Morgan fingerprint density at radius 3 is 1.71 bits per heavy atom. The summed E-state index contributed by atoms with van der Waals surface area (Å²) in [5.74, 6) is 0. The second-order valence-electron chi connectivity index (χ2n) is 7.57. The molecule has 5 aromatic rings. The summed E-state index contributed by atoms with van der Waals surface area (Å²) in [4.78, 5) is 0. The Bertz CT molecular complexity index is 1350. The summed E-state index contributed by atoms with van der Waals surface area (Å²) >= 11 is 0. The lowest BCUT2D eigenvalue weighted by atomic mass is 9.92. The summed E-state index contributed by atoms with van der Waals surface area (Å²) in [5.41, 5.74) is 8.16. The van der Waals surface area contributed by atoms with Crippen molar-refractivity contribution in [2.75, 3.05) is 5.32 Å². The number of fused-ring (bicyclic) bond motifs is 1. The van der Waals surface area contributed by atoms with Crippen LogP contribution in [-0.2, 0) is 0 Å². The Kier molecular flexibility index (Phi) is 5.08. The molecule has 0 saturated carbocycles. The van der Waals surface area contributed by atoms with Crippen LogP contribution in [0.4, 0.5) is 11.4 Å². The van der Waals surface area contributed by atoms with E-state index in [1.165, 1.54) is 33.0 Å². The van der Waals surface area contributed by atoms with Gasteiger partial charge in [-0.2, -0.15) is 0 Å². The van der Waals surface area contributed by atoms with Crippen LogP contribution in [0, 0.1) is 0 Å². The highest BCUT2D eigenvalue weighted by atomic mass is 14.9. The number of rotatable bonds is 5. The van der Waals surface area contributed by atoms with E-state index in [-0.39, 0.29) is 0 Å². The molecule has 0 unspecified atom stereocenters. The van der Waals surface area contributed by atoms with E-state index in [0.717, 1.165) is 16.9 Å². The van der Waals surface area contributed by atoms with Gasteiger partial charge in [0.15, 0.2) is 0 Å². The van der Waals surface area contributed by atoms with Crippen LogP contribution in [0.15, 0.2) is 122 Å². The maximum atomic E-state index is 3.90. The lowest BCUT2D eigenvalue weighted by molar-refractivity contribution is 1.53. The van der Waals surface area contributed by atoms with Crippen molar-refractivity contribution in [1.29, 1.82) is 0 Å². The first-order valence-electron chi connectivity index (χ1n) is 10.5. The fourth-order valence-corrected chi connectivity index (χ4v) is 4.10. The number of anilines is 2. The van der Waals surface area contributed by atoms with Crippen molar-refractivity contribution in [3.8, 4) is 22.3 Å². The van der Waals surface area contributed by atoms with Gasteiger partial charge in [-0.05, 0) is 56.8 Å². The van der Waals surface area contributed by atoms with Crippen molar-refractivity contribution < 1.29 is 0 Å². The predicted octanol–water partition coefficient (Wildman–Crippen LogP) is 8.56. The highest BCUT2D eigenvalue weighted by Gasteiger charge is 2.09. The summed E-state index contributed by atoms with van der Waals surface area (Å²) in [6, 6.07) is 40.5. The molecule has 31 heavy (non-hydrogen) atoms. The summed E-state index contributed by atoms with van der Waals surface area (Å²) in [5, 5.41) is 6.04. The molecule has 1 nitrogen and oxygen atoms in total. The minimum atomic E-state index is 1.06. The molecule has 0 fully saturated rings. The first-order chi connectivity index (χ1) is 15.3. The molecule has 0 aliphatic heterocycles. The third-order valence-corrected chi connectivity index (χ3v) is 5.66. The molecule has 0 aliphatic carbocycles. The lowest BCUT2D eigenvalue weighted by Crippen LogP contribution is -1.92. The van der Waals surface area contributed by atoms with Crippen LogP contribution in [0.25, 0.3) is 39.1 Å². The van der Waals surface area contributed by atoms with Crippen LogP contribution < -0.4 is 5.32 Å². The monoisotopic (exact) mass is 397 g/mol. The van der Waals surface area contributed by atoms with E-state index in [1.807, 2.05) is 18.2 Å². The summed E-state index contributed by atoms with van der Waals surface area (Å²) in [7, 11) is 0. The van der Waals surface area contributed by atoms with Gasteiger partial charge in [0.2, 0.25) is 0 Å². The fourth-order valence-electron chi connectivity index (χ4n) is 4.10. The Balaban J connectivity index is 1.52. The van der Waals surface area contributed by atoms with Crippen molar-refractivity contribution >= 4 is 28.2 Å². The fraction of sp³-hybridized carbons (Fsp3) is 0. The third kappa shape index (κ3) is 3.74. The second kappa shape index (κ2) is 8.33. The molecule has 0 spiro atoms. The van der Waals surface area contributed by atoms with Gasteiger partial charge < -0.3 is 5.32 Å². The molecule has 0 aromatic heterocycles. The normalized spacial score (nSPS) is 10.7. The highest BCUT2D eigenvalue weighted by molar-refractivity contribution is 6.05. The van der Waals surface area contributed by atoms with Gasteiger partial charge in [0.05, 0.1) is 0 Å². The van der Waals surface area contributed by atoms with Crippen LogP contribution in [0.5, 0.6) is 0 Å². The Morgan fingerprint density at radius 2 is 1.06 bits per heavy atom. The number of hydrogen-bond acceptors (Lipinski definition) is 1. The largest absolute Gasteiger partial charge is 0.355 e. The smallest absolute Gasteiger partial charge is 0.0457 e. The Hall–Kier alpha value is -4.10. The van der Waals surface area contributed by atoms with Crippen LogP contribution in [0.3, 0.4) is 0 Å². The average Bonchev–Trinajstić information content (AvgIpc) is 2.85. The lowest BCUT2D eigenvalue weighted by Gasteiger charge is -2.13. The predicted molar refractivity (Wildman–Crippen MR) is 135 cm³/mol. The molecule has 0 heterocycles. The van der Waals surface area contributed by atoms with E-state index in [1.54, 1.807) is 0 Å². The molecule has 0 aliphatic rings. The van der Waals surface area contributed by atoms with Crippen LogP contribution in [-0.4, -0.2) is 0 Å². The number of benzene rings is 5. The molecule has 0 radical (unpaired) electrons. The summed E-state index contributed by atoms with van der Waals surface area (Å²) in [6.07, 6.45) is 1.87. The first-order valence-corrected chi connectivity index (χ1v) is 10.5. The van der Waals surface area contributed by atoms with Crippen LogP contribution in [0.1, 0.15) is 5.56 Å². The van der Waals surface area contributed by atoms with Crippen molar-refractivity contribution in [1.82, 2.24) is 0 Å². The molecule has 0 amide bonds. The zero-order valence-corrected chi connectivity index (χ0v) is 17.3. The first kappa shape index (κ1) is 18.9. The topological polar surface area (TPSA) is 12.0 Å². The number of para-hydroxylation sites is 1. The van der Waals surface area contributed by atoms with Crippen molar-refractivity contribution in [2.45, 2.75) is 0 Å². The zero-order chi connectivity index (χ0) is 21.0. The maximum Gasteiger partial charge on any atom is 0.0457 e. The highest BCUT2D eigenvalue weighted by Crippen LogP contribution is 2.36. The van der Waals surface area contributed by atoms with Crippen molar-refractivity contribution in [3.63, 3.8) is 0 Å². The van der Waals surface area contributed by atoms with Crippen molar-refractivity contribution in [2.24, 2.45) is 0 Å². The molecule has 5 aromatic carbocycles. The minimum absolute atomic E-state index is 1.06. The van der Waals surface area contributed by atoms with E-state index in [2.05, 4.69) is 115 Å². The molecule has 5 rings (SSSR count). The van der Waals surface area contributed by atoms with Gasteiger partial charge in [0.25, 0.3) is 0 Å². The standard InChI is InChI=1S/C30H23N/c1-2-22-10-6-9-15-30(22)31-25-18-16-24(17-19-25)27-21-20-26(23-11-4-3-5-12-23)28-13-7-8-14-29(27)28/h2-21,31H,1H2. The quantitative estimate of drug-likeness (QED) is 0.313. The average molecular weight is 398 g/mol. The molecule has 148 valence electrons. The van der Waals surface area contributed by atoms with E-state index >= 15 is 0 Å². The summed E-state index contributed by atoms with van der Waals surface area (Å²) in [6.45, 7) is 3.90. The number of hydrogen-bond donors (Lipinski definition) is 1. The van der Waals surface area contributed by atoms with E-state index < -0.39 is 0 Å². The zero-order valence-electron chi connectivity index (χ0n) is 17.3.